The number of rotatable bonds is 6. The fourth-order valence-electron chi connectivity index (χ4n) is 3.25. The largest absolute Gasteiger partial charge is 0.325 e. The first kappa shape index (κ1) is 20.0. The molecule has 1 aliphatic rings. The van der Waals surface area contributed by atoms with Crippen LogP contribution in [0.25, 0.3) is 0 Å². The Morgan fingerprint density at radius 2 is 1.96 bits per heavy atom. The van der Waals surface area contributed by atoms with Gasteiger partial charge in [-0.3, -0.25) is 14.4 Å². The maximum absolute atomic E-state index is 13.2. The third-order valence-corrected chi connectivity index (χ3v) is 6.73. The molecule has 0 bridgehead atoms. The number of urea groups is 1. The van der Waals surface area contributed by atoms with E-state index in [1.54, 1.807) is 36.3 Å². The van der Waals surface area contributed by atoms with Crippen molar-refractivity contribution in [1.82, 2.24) is 24.3 Å². The summed E-state index contributed by atoms with van der Waals surface area (Å²) < 4.78 is 27.4. The van der Waals surface area contributed by atoms with Crippen molar-refractivity contribution in [3.8, 4) is 0 Å². The lowest BCUT2D eigenvalue weighted by Gasteiger charge is -2.24. The Morgan fingerprint density at radius 3 is 2.54 bits per heavy atom. The fraction of sp³-hybridized carbons (Fsp3) is 0.389. The van der Waals surface area contributed by atoms with Crippen LogP contribution in [0.1, 0.15) is 24.5 Å². The molecule has 1 unspecified atom stereocenters. The van der Waals surface area contributed by atoms with E-state index < -0.39 is 21.6 Å². The molecule has 2 heterocycles. The lowest BCUT2D eigenvalue weighted by molar-refractivity contribution is -0.132. The number of aryl methyl sites for hydroxylation is 1. The average molecular weight is 405 g/mol. The summed E-state index contributed by atoms with van der Waals surface area (Å²) in [5, 5.41) is 6.89. The number of sulfonamides is 1. The summed E-state index contributed by atoms with van der Waals surface area (Å²) in [6.45, 7) is 1.79. The summed E-state index contributed by atoms with van der Waals surface area (Å²) in [4.78, 5) is 26.9. The summed E-state index contributed by atoms with van der Waals surface area (Å²) in [6, 6.07) is 5.73. The highest BCUT2D eigenvalue weighted by Gasteiger charge is 2.51. The Bertz CT molecular complexity index is 1030. The number of aromatic nitrogens is 2. The number of amides is 3. The highest BCUT2D eigenvalue weighted by atomic mass is 32.2. The molecule has 150 valence electrons. The van der Waals surface area contributed by atoms with Crippen LogP contribution in [-0.2, 0) is 33.9 Å². The number of benzene rings is 1. The molecule has 1 saturated heterocycles. The van der Waals surface area contributed by atoms with Gasteiger partial charge in [0.05, 0.1) is 17.6 Å². The molecule has 1 aromatic carbocycles. The van der Waals surface area contributed by atoms with Crippen molar-refractivity contribution in [3.63, 3.8) is 0 Å². The molecule has 0 spiro atoms. The number of nitrogens with one attached hydrogen (secondary N) is 1. The zero-order valence-corrected chi connectivity index (χ0v) is 17.0. The van der Waals surface area contributed by atoms with Crippen LogP contribution in [0.15, 0.2) is 41.6 Å². The summed E-state index contributed by atoms with van der Waals surface area (Å²) in [7, 11) is 1.02. The smallest absolute Gasteiger partial charge is 0.319 e. The Kier molecular flexibility index (Phi) is 5.02. The maximum Gasteiger partial charge on any atom is 0.325 e. The second-order valence-corrected chi connectivity index (χ2v) is 9.07. The van der Waals surface area contributed by atoms with E-state index >= 15 is 0 Å². The van der Waals surface area contributed by atoms with Gasteiger partial charge in [-0.2, -0.15) is 5.10 Å². The number of carbonyl (C=O) groups excluding carboxylic acids is 2. The molecule has 2 aromatic rings. The van der Waals surface area contributed by atoms with Gasteiger partial charge in [0, 0.05) is 32.9 Å². The molecule has 1 aliphatic heterocycles. The predicted molar refractivity (Wildman–Crippen MR) is 102 cm³/mol. The second kappa shape index (κ2) is 7.02. The van der Waals surface area contributed by atoms with Crippen molar-refractivity contribution in [2.75, 3.05) is 14.1 Å². The van der Waals surface area contributed by atoms with Crippen LogP contribution in [0.5, 0.6) is 0 Å². The summed E-state index contributed by atoms with van der Waals surface area (Å²) in [5.74, 6) is -0.381. The van der Waals surface area contributed by atoms with E-state index in [0.29, 0.717) is 17.5 Å². The molecule has 3 rings (SSSR count). The zero-order valence-electron chi connectivity index (χ0n) is 16.2. The van der Waals surface area contributed by atoms with Crippen molar-refractivity contribution >= 4 is 22.0 Å². The van der Waals surface area contributed by atoms with Gasteiger partial charge >= 0.3 is 6.03 Å². The molecule has 1 aromatic heterocycles. The van der Waals surface area contributed by atoms with Crippen molar-refractivity contribution in [3.05, 3.63) is 47.8 Å². The van der Waals surface area contributed by atoms with Gasteiger partial charge in [-0.25, -0.2) is 17.5 Å². The van der Waals surface area contributed by atoms with Gasteiger partial charge in [0.15, 0.2) is 0 Å². The zero-order chi connectivity index (χ0) is 20.7. The first-order chi connectivity index (χ1) is 13.1. The Balaban J connectivity index is 1.92. The first-order valence-electron chi connectivity index (χ1n) is 8.76. The molecule has 3 amide bonds. The molecule has 10 heteroatoms. The highest BCUT2D eigenvalue weighted by Crippen LogP contribution is 2.33. The van der Waals surface area contributed by atoms with E-state index in [-0.39, 0.29) is 17.3 Å². The number of hydrogen-bond donors (Lipinski definition) is 1. The number of imide groups is 1. The lowest BCUT2D eigenvalue weighted by atomic mass is 9.89. The van der Waals surface area contributed by atoms with E-state index in [4.69, 9.17) is 0 Å². The van der Waals surface area contributed by atoms with Gasteiger partial charge < -0.3 is 5.32 Å². The van der Waals surface area contributed by atoms with Crippen molar-refractivity contribution in [1.29, 1.82) is 0 Å². The van der Waals surface area contributed by atoms with Crippen LogP contribution < -0.4 is 5.32 Å². The molecule has 9 nitrogen and oxygen atoms in total. The molecule has 0 radical (unpaired) electrons. The van der Waals surface area contributed by atoms with Crippen LogP contribution in [0.3, 0.4) is 0 Å². The van der Waals surface area contributed by atoms with Crippen LogP contribution in [0, 0.1) is 0 Å². The molecular weight excluding hydrogens is 382 g/mol. The lowest BCUT2D eigenvalue weighted by Crippen LogP contribution is -2.43. The molecule has 1 atom stereocenters. The number of nitrogens with zero attached hydrogens (tertiary/aromatic N) is 4. The fourth-order valence-corrected chi connectivity index (χ4v) is 4.22. The normalized spacial score (nSPS) is 20.1. The first-order valence-corrected chi connectivity index (χ1v) is 10.2. The van der Waals surface area contributed by atoms with Gasteiger partial charge in [-0.15, -0.1) is 0 Å². The molecule has 0 aliphatic carbocycles. The third kappa shape index (κ3) is 3.18. The van der Waals surface area contributed by atoms with Gasteiger partial charge in [0.25, 0.3) is 5.91 Å². The van der Waals surface area contributed by atoms with Crippen molar-refractivity contribution < 1.29 is 18.0 Å². The predicted octanol–water partition coefficient (Wildman–Crippen LogP) is 1.03. The Morgan fingerprint density at radius 1 is 1.25 bits per heavy atom. The molecule has 1 fully saturated rings. The minimum atomic E-state index is -3.61. The minimum absolute atomic E-state index is 0.0243. The number of hydrogen-bond acceptors (Lipinski definition) is 5. The Hall–Kier alpha value is -2.72. The molecule has 0 saturated carbocycles. The van der Waals surface area contributed by atoms with Gasteiger partial charge in [-0.05, 0) is 24.1 Å². The highest BCUT2D eigenvalue weighted by molar-refractivity contribution is 7.89. The van der Waals surface area contributed by atoms with Gasteiger partial charge in [0.2, 0.25) is 10.0 Å². The van der Waals surface area contributed by atoms with Gasteiger partial charge in [-0.1, -0.05) is 19.1 Å². The standard InChI is InChI=1S/C18H23N5O4S/c1-5-18(14-10-19-22(4)12-14)16(24)23(17(25)20-18)11-13-7-6-8-15(9-13)28(26,27)21(2)3/h6-10,12H,5,11H2,1-4H3,(H,20,25). The second-order valence-electron chi connectivity index (χ2n) is 6.92. The minimum Gasteiger partial charge on any atom is -0.319 e. The van der Waals surface area contributed by atoms with Crippen LogP contribution in [0.2, 0.25) is 0 Å². The third-order valence-electron chi connectivity index (χ3n) is 4.92. The molecular formula is C18H23N5O4S. The quantitative estimate of drug-likeness (QED) is 0.723. The summed E-state index contributed by atoms with van der Waals surface area (Å²) in [6.07, 6.45) is 3.64. The van der Waals surface area contributed by atoms with Crippen LogP contribution >= 0.6 is 0 Å². The Labute approximate surface area is 164 Å². The molecule has 28 heavy (non-hydrogen) atoms. The van der Waals surface area contributed by atoms with Crippen LogP contribution in [0.4, 0.5) is 4.79 Å². The molecule has 1 N–H and O–H groups in total. The van der Waals surface area contributed by atoms with Crippen molar-refractivity contribution in [2.24, 2.45) is 7.05 Å². The monoisotopic (exact) mass is 405 g/mol. The van der Waals surface area contributed by atoms with E-state index in [1.807, 2.05) is 6.92 Å². The van der Waals surface area contributed by atoms with E-state index in [9.17, 15) is 18.0 Å². The van der Waals surface area contributed by atoms with Gasteiger partial charge in [0.1, 0.15) is 5.54 Å². The number of carbonyl (C=O) groups is 2. The summed E-state index contributed by atoms with van der Waals surface area (Å²) in [5.41, 5.74) is -0.00891. The summed E-state index contributed by atoms with van der Waals surface area (Å²) >= 11 is 0. The van der Waals surface area contributed by atoms with E-state index in [1.165, 1.54) is 26.2 Å². The van der Waals surface area contributed by atoms with E-state index in [2.05, 4.69) is 10.4 Å². The van der Waals surface area contributed by atoms with Crippen LogP contribution in [-0.4, -0.2) is 53.4 Å². The average Bonchev–Trinajstić information content (AvgIpc) is 3.19. The SMILES string of the molecule is CCC1(c2cnn(C)c2)NC(=O)N(Cc2cccc(S(=O)(=O)N(C)C)c2)C1=O. The topological polar surface area (TPSA) is 105 Å². The maximum atomic E-state index is 13.2. The van der Waals surface area contributed by atoms with E-state index in [0.717, 1.165) is 9.21 Å². The van der Waals surface area contributed by atoms with Crippen molar-refractivity contribution in [2.45, 2.75) is 30.3 Å².